The molecule has 1 aliphatic rings. The van der Waals surface area contributed by atoms with Gasteiger partial charge in [-0.05, 0) is 51.0 Å². The number of aromatic nitrogens is 2. The van der Waals surface area contributed by atoms with Crippen LogP contribution in [0.1, 0.15) is 38.3 Å². The second-order valence-corrected chi connectivity index (χ2v) is 6.58. The van der Waals surface area contributed by atoms with Crippen LogP contribution in [0.4, 0.5) is 0 Å². The zero-order valence-corrected chi connectivity index (χ0v) is 15.7. The largest absolute Gasteiger partial charge is 0.494 e. The molecular weight excluding hydrogens is 346 g/mol. The second-order valence-electron chi connectivity index (χ2n) is 6.58. The van der Waals surface area contributed by atoms with Crippen molar-refractivity contribution >= 4 is 5.91 Å². The van der Waals surface area contributed by atoms with Crippen molar-refractivity contribution < 1.29 is 14.3 Å². The smallest absolute Gasteiger partial charge is 0.260 e. The average Bonchev–Trinajstić information content (AvgIpc) is 3.50. The van der Waals surface area contributed by atoms with Crippen molar-refractivity contribution in [3.63, 3.8) is 0 Å². The highest BCUT2D eigenvalue weighted by Gasteiger charge is 2.25. The normalized spacial score (nSPS) is 14.4. The first kappa shape index (κ1) is 18.9. The zero-order valence-electron chi connectivity index (χ0n) is 15.7. The lowest BCUT2D eigenvalue weighted by atomic mass is 10.3. The molecule has 7 nitrogen and oxygen atoms in total. The third-order valence-electron chi connectivity index (χ3n) is 4.37. The lowest BCUT2D eigenvalue weighted by Gasteiger charge is -2.15. The molecule has 1 amide bonds. The Hall–Kier alpha value is -2.83. The third kappa shape index (κ3) is 5.32. The molecule has 144 valence electrons. The molecule has 1 aliphatic carbocycles. The zero-order chi connectivity index (χ0) is 19.2. The van der Waals surface area contributed by atoms with E-state index in [1.165, 1.54) is 4.57 Å². The molecule has 0 aliphatic heterocycles. The van der Waals surface area contributed by atoms with E-state index in [0.717, 1.165) is 24.3 Å². The summed E-state index contributed by atoms with van der Waals surface area (Å²) in [5.41, 5.74) is 0.789. The molecule has 7 heteroatoms. The number of rotatable bonds is 9. The maximum absolute atomic E-state index is 12.2. The lowest BCUT2D eigenvalue weighted by molar-refractivity contribution is -0.127. The summed E-state index contributed by atoms with van der Waals surface area (Å²) in [7, 11) is 0. The fourth-order valence-corrected chi connectivity index (χ4v) is 2.69. The fraction of sp³-hybridized carbons (Fsp3) is 0.450. The fourth-order valence-electron chi connectivity index (χ4n) is 2.69. The number of ether oxygens (including phenoxy) is 2. The van der Waals surface area contributed by atoms with Crippen LogP contribution in [0.5, 0.6) is 11.5 Å². The average molecular weight is 371 g/mol. The van der Waals surface area contributed by atoms with E-state index in [0.29, 0.717) is 31.4 Å². The number of nitrogens with one attached hydrogen (secondary N) is 1. The van der Waals surface area contributed by atoms with E-state index >= 15 is 0 Å². The molecular formula is C20H25N3O4. The van der Waals surface area contributed by atoms with E-state index in [1.807, 2.05) is 6.92 Å². The van der Waals surface area contributed by atoms with E-state index in [-0.39, 0.29) is 11.5 Å². The standard InChI is InChI=1S/C20H25N3O4/c1-3-26-16-6-8-17(9-7-16)27-14(2)20(25)21-10-11-23-13-22-18(12-19(23)24)15-4-5-15/h6-9,12-15H,3-5,10-11H2,1-2H3,(H,21,25). The molecule has 1 N–H and O–H groups in total. The van der Waals surface area contributed by atoms with Crippen LogP contribution in [0.15, 0.2) is 41.5 Å². The minimum atomic E-state index is -0.643. The molecule has 1 unspecified atom stereocenters. The first-order valence-corrected chi connectivity index (χ1v) is 9.30. The molecule has 0 bridgehead atoms. The summed E-state index contributed by atoms with van der Waals surface area (Å²) in [5, 5.41) is 2.78. The van der Waals surface area contributed by atoms with Crippen molar-refractivity contribution in [1.82, 2.24) is 14.9 Å². The molecule has 1 saturated carbocycles. The highest BCUT2D eigenvalue weighted by atomic mass is 16.5. The van der Waals surface area contributed by atoms with Gasteiger partial charge in [-0.1, -0.05) is 0 Å². The van der Waals surface area contributed by atoms with Crippen LogP contribution in [0.2, 0.25) is 0 Å². The SMILES string of the molecule is CCOc1ccc(OC(C)C(=O)NCCn2cnc(C3CC3)cc2=O)cc1. The van der Waals surface area contributed by atoms with Crippen LogP contribution in [0.25, 0.3) is 0 Å². The van der Waals surface area contributed by atoms with Crippen molar-refractivity contribution in [1.29, 1.82) is 0 Å². The molecule has 1 aromatic heterocycles. The van der Waals surface area contributed by atoms with Crippen molar-refractivity contribution in [2.24, 2.45) is 0 Å². The Morgan fingerprint density at radius 2 is 2.00 bits per heavy atom. The number of hydrogen-bond acceptors (Lipinski definition) is 5. The van der Waals surface area contributed by atoms with Gasteiger partial charge in [0.25, 0.3) is 11.5 Å². The van der Waals surface area contributed by atoms with E-state index in [4.69, 9.17) is 9.47 Å². The van der Waals surface area contributed by atoms with E-state index in [9.17, 15) is 9.59 Å². The van der Waals surface area contributed by atoms with Crippen LogP contribution in [0.3, 0.4) is 0 Å². The Balaban J connectivity index is 1.45. The van der Waals surface area contributed by atoms with E-state index in [1.54, 1.807) is 43.6 Å². The molecule has 1 atom stereocenters. The van der Waals surface area contributed by atoms with Crippen molar-refractivity contribution in [3.05, 3.63) is 52.7 Å². The number of hydrogen-bond donors (Lipinski definition) is 1. The Morgan fingerprint density at radius 3 is 2.63 bits per heavy atom. The van der Waals surface area contributed by atoms with Gasteiger partial charge in [-0.15, -0.1) is 0 Å². The van der Waals surface area contributed by atoms with E-state index in [2.05, 4.69) is 10.3 Å². The summed E-state index contributed by atoms with van der Waals surface area (Å²) < 4.78 is 12.5. The summed E-state index contributed by atoms with van der Waals surface area (Å²) in [6, 6.07) is 8.72. The van der Waals surface area contributed by atoms with Gasteiger partial charge in [0.05, 0.1) is 18.6 Å². The summed E-state index contributed by atoms with van der Waals surface area (Å²) in [6.07, 6.45) is 3.13. The topological polar surface area (TPSA) is 82.4 Å². The third-order valence-corrected chi connectivity index (χ3v) is 4.37. The van der Waals surface area contributed by atoms with Gasteiger partial charge in [0.15, 0.2) is 6.10 Å². The van der Waals surface area contributed by atoms with Gasteiger partial charge in [-0.3, -0.25) is 14.2 Å². The van der Waals surface area contributed by atoms with Crippen molar-refractivity contribution in [2.45, 2.75) is 45.3 Å². The molecule has 3 rings (SSSR count). The molecule has 1 heterocycles. The summed E-state index contributed by atoms with van der Waals surface area (Å²) in [4.78, 5) is 28.6. The molecule has 1 fully saturated rings. The summed E-state index contributed by atoms with van der Waals surface area (Å²) >= 11 is 0. The van der Waals surface area contributed by atoms with Gasteiger partial charge >= 0.3 is 0 Å². The first-order valence-electron chi connectivity index (χ1n) is 9.30. The number of carbonyl (C=O) groups is 1. The van der Waals surface area contributed by atoms with Gasteiger partial charge in [0.1, 0.15) is 11.5 Å². The van der Waals surface area contributed by atoms with Crippen LogP contribution < -0.4 is 20.3 Å². The predicted octanol–water partition coefficient (Wildman–Crippen LogP) is 2.10. The van der Waals surface area contributed by atoms with Gasteiger partial charge in [-0.2, -0.15) is 0 Å². The molecule has 2 aromatic rings. The van der Waals surface area contributed by atoms with Crippen molar-refractivity contribution in [3.8, 4) is 11.5 Å². The Labute approximate surface area is 158 Å². The number of benzene rings is 1. The highest BCUT2D eigenvalue weighted by molar-refractivity contribution is 5.80. The second kappa shape index (κ2) is 8.70. The predicted molar refractivity (Wildman–Crippen MR) is 101 cm³/mol. The van der Waals surface area contributed by atoms with Gasteiger partial charge < -0.3 is 14.8 Å². The summed E-state index contributed by atoms with van der Waals surface area (Å²) in [6.45, 7) is 4.91. The molecule has 0 saturated heterocycles. The quantitative estimate of drug-likeness (QED) is 0.730. The van der Waals surface area contributed by atoms with E-state index < -0.39 is 6.10 Å². The van der Waals surface area contributed by atoms with Gasteiger partial charge in [0.2, 0.25) is 0 Å². The molecule has 0 spiro atoms. The molecule has 0 radical (unpaired) electrons. The van der Waals surface area contributed by atoms with Crippen LogP contribution in [-0.2, 0) is 11.3 Å². The van der Waals surface area contributed by atoms with Crippen LogP contribution >= 0.6 is 0 Å². The van der Waals surface area contributed by atoms with Crippen molar-refractivity contribution in [2.75, 3.05) is 13.2 Å². The Morgan fingerprint density at radius 1 is 1.30 bits per heavy atom. The highest BCUT2D eigenvalue weighted by Crippen LogP contribution is 2.38. The molecule has 1 aromatic carbocycles. The Bertz CT molecular complexity index is 828. The monoisotopic (exact) mass is 371 g/mol. The maximum atomic E-state index is 12.2. The van der Waals surface area contributed by atoms with Gasteiger partial charge in [0, 0.05) is 25.1 Å². The van der Waals surface area contributed by atoms with Crippen LogP contribution in [0, 0.1) is 0 Å². The number of amides is 1. The Kier molecular flexibility index (Phi) is 6.11. The molecule has 27 heavy (non-hydrogen) atoms. The number of nitrogens with zero attached hydrogens (tertiary/aromatic N) is 2. The van der Waals surface area contributed by atoms with Gasteiger partial charge in [-0.25, -0.2) is 4.98 Å². The van der Waals surface area contributed by atoms with Crippen LogP contribution in [-0.4, -0.2) is 34.7 Å². The summed E-state index contributed by atoms with van der Waals surface area (Å²) in [5.74, 6) is 1.57. The minimum Gasteiger partial charge on any atom is -0.494 e. The number of carbonyl (C=O) groups excluding carboxylic acids is 1. The lowest BCUT2D eigenvalue weighted by Crippen LogP contribution is -2.38. The minimum absolute atomic E-state index is 0.0835. The first-order chi connectivity index (χ1) is 13.1. The maximum Gasteiger partial charge on any atom is 0.260 e.